The molecule has 3 rings (SSSR count). The first-order valence-electron chi connectivity index (χ1n) is 13.6. The molecule has 1 aliphatic carbocycles. The number of rotatable bonds is 9. The fraction of sp³-hybridized carbons (Fsp3) is 0.786. The van der Waals surface area contributed by atoms with Gasteiger partial charge in [-0.1, -0.05) is 54.4 Å². The number of piperazine rings is 1. The number of benzene rings is 1. The molecule has 36 heavy (non-hydrogen) atoms. The number of hydrogen-bond donors (Lipinski definition) is 1. The quantitative estimate of drug-likeness (QED) is 0.332. The lowest BCUT2D eigenvalue weighted by atomic mass is 9.83. The van der Waals surface area contributed by atoms with Crippen LogP contribution >= 0.6 is 0 Å². The predicted octanol–water partition coefficient (Wildman–Crippen LogP) is 7.80. The first-order chi connectivity index (χ1) is 16.6. The van der Waals surface area contributed by atoms with E-state index >= 15 is 13.2 Å². The van der Waals surface area contributed by atoms with Crippen LogP contribution in [0.1, 0.15) is 86.6 Å². The number of nitrogens with one attached hydrogen (secondary N) is 1. The van der Waals surface area contributed by atoms with E-state index < -0.39 is 32.6 Å². The first-order valence-corrected chi connectivity index (χ1v) is 15.8. The average Bonchev–Trinajstić information content (AvgIpc) is 2.74. The van der Waals surface area contributed by atoms with Gasteiger partial charge < -0.3 is 19.4 Å². The molecule has 0 spiro atoms. The zero-order valence-corrected chi connectivity index (χ0v) is 24.7. The molecule has 1 aromatic carbocycles. The summed E-state index contributed by atoms with van der Waals surface area (Å²) in [5, 5.41) is 3.75. The Balaban J connectivity index is 1.82. The molecule has 0 bridgehead atoms. The van der Waals surface area contributed by atoms with Gasteiger partial charge in [-0.05, 0) is 61.9 Å². The van der Waals surface area contributed by atoms with Gasteiger partial charge in [0.15, 0.2) is 11.6 Å². The molecule has 8 heteroatoms. The van der Waals surface area contributed by atoms with E-state index in [4.69, 9.17) is 9.16 Å². The molecule has 1 saturated heterocycles. The molecule has 2 aliphatic rings. The van der Waals surface area contributed by atoms with Crippen LogP contribution in [-0.4, -0.2) is 45.2 Å². The summed E-state index contributed by atoms with van der Waals surface area (Å²) in [7, 11) is -2.51. The van der Waals surface area contributed by atoms with Crippen LogP contribution in [0.15, 0.2) is 12.1 Å². The van der Waals surface area contributed by atoms with Crippen molar-refractivity contribution in [1.29, 1.82) is 0 Å². The second-order valence-corrected chi connectivity index (χ2v) is 18.0. The van der Waals surface area contributed by atoms with Crippen molar-refractivity contribution in [3.05, 3.63) is 23.5 Å². The smallest absolute Gasteiger partial charge is 0.420 e. The third-order valence-corrected chi connectivity index (χ3v) is 14.3. The van der Waals surface area contributed by atoms with E-state index in [1.165, 1.54) is 12.5 Å². The number of anilines is 1. The molecule has 206 valence electrons. The molecule has 0 radical (unpaired) electrons. The molecule has 0 amide bonds. The molecule has 0 aromatic heterocycles. The molecule has 1 saturated carbocycles. The van der Waals surface area contributed by atoms with Gasteiger partial charge in [0.25, 0.3) is 0 Å². The van der Waals surface area contributed by atoms with Crippen molar-refractivity contribution >= 4 is 14.0 Å². The Bertz CT molecular complexity index is 862. The first kappa shape index (κ1) is 29.3. The van der Waals surface area contributed by atoms with Gasteiger partial charge in [-0.25, -0.2) is 4.39 Å². The summed E-state index contributed by atoms with van der Waals surface area (Å²) < 4.78 is 56.6. The van der Waals surface area contributed by atoms with E-state index in [-0.39, 0.29) is 28.2 Å². The summed E-state index contributed by atoms with van der Waals surface area (Å²) in [6.07, 6.45) is 0.824. The monoisotopic (exact) mass is 528 g/mol. The summed E-state index contributed by atoms with van der Waals surface area (Å²) in [5.41, 5.74) is 1.47. The number of hydrogen-bond acceptors (Lipinski definition) is 4. The predicted molar refractivity (Wildman–Crippen MR) is 144 cm³/mol. The Morgan fingerprint density at radius 2 is 1.64 bits per heavy atom. The van der Waals surface area contributed by atoms with Gasteiger partial charge >= 0.3 is 6.11 Å². The lowest BCUT2D eigenvalue weighted by Gasteiger charge is -2.52. The number of ether oxygens (including phenoxy) is 1. The molecule has 1 aromatic rings. The number of halogens is 3. The molecule has 1 heterocycles. The molecule has 1 aliphatic heterocycles. The third-order valence-electron chi connectivity index (χ3n) is 8.27. The maximum absolute atomic E-state index is 15.3. The molecule has 4 nitrogen and oxygen atoms in total. The average molecular weight is 529 g/mol. The third kappa shape index (κ3) is 6.07. The van der Waals surface area contributed by atoms with Crippen molar-refractivity contribution in [3.63, 3.8) is 0 Å². The summed E-state index contributed by atoms with van der Waals surface area (Å²) in [6, 6.07) is 3.77. The Morgan fingerprint density at radius 1 is 1.06 bits per heavy atom. The zero-order chi connectivity index (χ0) is 27.1. The summed E-state index contributed by atoms with van der Waals surface area (Å²) >= 11 is 0. The highest BCUT2D eigenvalue weighted by atomic mass is 28.4. The number of nitrogens with zero attached hydrogens (tertiary/aromatic N) is 1. The van der Waals surface area contributed by atoms with Crippen LogP contribution in [0.25, 0.3) is 0 Å². The minimum Gasteiger partial charge on any atom is -0.427 e. The number of aryl methyl sites for hydroxylation is 1. The van der Waals surface area contributed by atoms with Crippen LogP contribution < -0.4 is 15.0 Å². The second-order valence-electron chi connectivity index (χ2n) is 12.5. The fourth-order valence-electron chi connectivity index (χ4n) is 6.92. The van der Waals surface area contributed by atoms with Crippen LogP contribution in [0.2, 0.25) is 16.6 Å². The maximum Gasteiger partial charge on any atom is 0.420 e. The highest BCUT2D eigenvalue weighted by molar-refractivity contribution is 6.77. The molecular weight excluding hydrogens is 481 g/mol. The van der Waals surface area contributed by atoms with Crippen LogP contribution in [0.5, 0.6) is 5.75 Å². The van der Waals surface area contributed by atoms with Gasteiger partial charge in [0.05, 0.1) is 0 Å². The van der Waals surface area contributed by atoms with Crippen molar-refractivity contribution < 1.29 is 22.3 Å². The van der Waals surface area contributed by atoms with Gasteiger partial charge in [-0.2, -0.15) is 8.78 Å². The Labute approximate surface area is 217 Å². The van der Waals surface area contributed by atoms with E-state index in [1.807, 2.05) is 41.5 Å². The summed E-state index contributed by atoms with van der Waals surface area (Å²) in [6.45, 7) is 18.1. The lowest BCUT2D eigenvalue weighted by molar-refractivity contribution is -0.199. The number of fused-ring (bicyclic) bond motifs is 1. The van der Waals surface area contributed by atoms with Crippen molar-refractivity contribution in [2.45, 2.75) is 128 Å². The normalized spacial score (nSPS) is 22.9. The topological polar surface area (TPSA) is 33.7 Å². The minimum atomic E-state index is -3.63. The fourth-order valence-corrected chi connectivity index (χ4v) is 12.3. The largest absolute Gasteiger partial charge is 0.427 e. The highest BCUT2D eigenvalue weighted by Gasteiger charge is 2.48. The molecule has 2 fully saturated rings. The van der Waals surface area contributed by atoms with Crippen molar-refractivity contribution in [3.8, 4) is 5.75 Å². The van der Waals surface area contributed by atoms with Crippen LogP contribution in [0, 0.1) is 12.7 Å². The minimum absolute atomic E-state index is 0.123. The van der Waals surface area contributed by atoms with Crippen molar-refractivity contribution in [2.75, 3.05) is 18.1 Å². The van der Waals surface area contributed by atoms with Gasteiger partial charge in [0, 0.05) is 35.9 Å². The highest BCUT2D eigenvalue weighted by Crippen LogP contribution is 2.43. The van der Waals surface area contributed by atoms with Gasteiger partial charge in [-0.15, -0.1) is 0 Å². The van der Waals surface area contributed by atoms with Gasteiger partial charge in [0.1, 0.15) is 6.61 Å². The summed E-state index contributed by atoms with van der Waals surface area (Å²) in [5.74, 6) is -1.15. The second kappa shape index (κ2) is 10.9. The lowest BCUT2D eigenvalue weighted by Crippen LogP contribution is -2.67. The van der Waals surface area contributed by atoms with E-state index in [1.54, 1.807) is 13.0 Å². The summed E-state index contributed by atoms with van der Waals surface area (Å²) in [4.78, 5) is 2.26. The maximum atomic E-state index is 15.3. The standard InChI is InChI=1S/C28H47F3N2O2Si/c1-18(2)36(19(3)4,20(5)6)34-17-28(30,31)35-26-21(7)14-22(15-23(26)29)33-16-27(8,9)32-24-12-10-11-13-25(24)33/h14-15,18-20,24-25,32H,10-13,16-17H2,1-9H3/t24-,25-/m0/s1. The zero-order valence-electron chi connectivity index (χ0n) is 23.7. The van der Waals surface area contributed by atoms with E-state index in [0.717, 1.165) is 31.5 Å². The molecule has 0 unspecified atom stereocenters. The SMILES string of the molecule is Cc1cc(N2CC(C)(C)N[C@H]3CCCC[C@@H]32)cc(F)c1OC(F)(F)CO[Si](C(C)C)(C(C)C)C(C)C. The Hall–Kier alpha value is -1.25. The number of alkyl halides is 2. The van der Waals surface area contributed by atoms with Gasteiger partial charge in [-0.3, -0.25) is 0 Å². The molecular formula is C28H47F3N2O2Si. The Kier molecular flexibility index (Phi) is 8.83. The van der Waals surface area contributed by atoms with E-state index in [0.29, 0.717) is 11.6 Å². The van der Waals surface area contributed by atoms with E-state index in [2.05, 4.69) is 24.1 Å². The van der Waals surface area contributed by atoms with E-state index in [9.17, 15) is 0 Å². The molecule has 2 atom stereocenters. The Morgan fingerprint density at radius 3 is 2.19 bits per heavy atom. The van der Waals surface area contributed by atoms with Crippen molar-refractivity contribution in [1.82, 2.24) is 5.32 Å². The molecule has 1 N–H and O–H groups in total. The van der Waals surface area contributed by atoms with Gasteiger partial charge in [0.2, 0.25) is 8.32 Å². The van der Waals surface area contributed by atoms with Crippen LogP contribution in [-0.2, 0) is 4.43 Å². The van der Waals surface area contributed by atoms with Crippen molar-refractivity contribution in [2.24, 2.45) is 0 Å². The van der Waals surface area contributed by atoms with Crippen LogP contribution in [0.3, 0.4) is 0 Å². The van der Waals surface area contributed by atoms with Crippen LogP contribution in [0.4, 0.5) is 18.9 Å².